The fourth-order valence-electron chi connectivity index (χ4n) is 2.23. The van der Waals surface area contributed by atoms with E-state index in [1.807, 2.05) is 18.4 Å². The molecule has 1 aromatic heterocycles. The van der Waals surface area contributed by atoms with Crippen LogP contribution in [-0.4, -0.2) is 33.7 Å². The number of thioether (sulfide) groups is 1. The number of amides is 1. The summed E-state index contributed by atoms with van der Waals surface area (Å²) in [6.07, 6.45) is 1.93. The van der Waals surface area contributed by atoms with Gasteiger partial charge >= 0.3 is 0 Å². The van der Waals surface area contributed by atoms with Crippen molar-refractivity contribution in [3.05, 3.63) is 41.5 Å². The molecular formula is C14H11N2O2SY-. The Kier molecular flexibility index (Phi) is 4.84. The molecule has 0 saturated carbocycles. The second-order valence-corrected chi connectivity index (χ2v) is 5.05. The molecule has 0 bridgehead atoms. The molecule has 1 aliphatic rings. The first-order valence-corrected chi connectivity index (χ1v) is 7.14. The van der Waals surface area contributed by atoms with E-state index < -0.39 is 0 Å². The van der Waals surface area contributed by atoms with Gasteiger partial charge in [0.2, 0.25) is 0 Å². The largest absolute Gasteiger partial charge is 0.494 e. The number of aromatic amines is 1. The maximum Gasteiger partial charge on any atom is 0.280 e. The van der Waals surface area contributed by atoms with Crippen LogP contribution in [0.1, 0.15) is 15.9 Å². The molecule has 2 heterocycles. The number of benzene rings is 1. The van der Waals surface area contributed by atoms with E-state index >= 15 is 0 Å². The number of rotatable bonds is 3. The van der Waals surface area contributed by atoms with Crippen LogP contribution in [-0.2, 0) is 32.7 Å². The van der Waals surface area contributed by atoms with E-state index in [0.717, 1.165) is 5.56 Å². The predicted octanol–water partition coefficient (Wildman–Crippen LogP) is 2.49. The van der Waals surface area contributed by atoms with Crippen LogP contribution in [0.5, 0.6) is 5.88 Å². The summed E-state index contributed by atoms with van der Waals surface area (Å²) in [5.74, 6) is 0.321. The molecule has 0 atom stereocenters. The van der Waals surface area contributed by atoms with Gasteiger partial charge in [-0.05, 0) is 6.26 Å². The van der Waals surface area contributed by atoms with Crippen molar-refractivity contribution < 1.29 is 42.6 Å². The van der Waals surface area contributed by atoms with Crippen molar-refractivity contribution in [3.8, 4) is 17.1 Å². The zero-order valence-corrected chi connectivity index (χ0v) is 14.5. The van der Waals surface area contributed by atoms with Crippen molar-refractivity contribution in [2.24, 2.45) is 4.99 Å². The van der Waals surface area contributed by atoms with E-state index in [2.05, 4.69) is 16.0 Å². The van der Waals surface area contributed by atoms with Crippen LogP contribution >= 0.6 is 11.8 Å². The molecule has 1 radical (unpaired) electrons. The average molecular weight is 360 g/mol. The number of aromatic hydroxyl groups is 1. The first-order chi connectivity index (χ1) is 9.22. The van der Waals surface area contributed by atoms with Gasteiger partial charge in [0, 0.05) is 44.2 Å². The third kappa shape index (κ3) is 2.50. The average Bonchev–Trinajstić information content (AvgIpc) is 2.92. The van der Waals surface area contributed by atoms with Crippen LogP contribution in [0.15, 0.2) is 29.3 Å². The number of fused-ring (bicyclic) bond motifs is 1. The third-order valence-electron chi connectivity index (χ3n) is 3.01. The number of aliphatic imine (C=N–C) groups is 1. The number of H-pyrrole nitrogens is 1. The molecule has 2 N–H and O–H groups in total. The van der Waals surface area contributed by atoms with Gasteiger partial charge in [0.25, 0.3) is 5.91 Å². The fourth-order valence-corrected chi connectivity index (χ4v) is 2.71. The van der Waals surface area contributed by atoms with Gasteiger partial charge in [0.1, 0.15) is 0 Å². The minimum atomic E-state index is -0.293. The minimum Gasteiger partial charge on any atom is -0.494 e. The van der Waals surface area contributed by atoms with Gasteiger partial charge in [0.15, 0.2) is 5.88 Å². The zero-order valence-electron chi connectivity index (χ0n) is 10.8. The van der Waals surface area contributed by atoms with E-state index in [0.29, 0.717) is 28.3 Å². The summed E-state index contributed by atoms with van der Waals surface area (Å²) in [7, 11) is 0. The van der Waals surface area contributed by atoms with Crippen molar-refractivity contribution in [3.63, 3.8) is 0 Å². The Morgan fingerprint density at radius 3 is 2.70 bits per heavy atom. The van der Waals surface area contributed by atoms with Crippen LogP contribution in [0.25, 0.3) is 11.3 Å². The molecule has 2 aromatic rings. The monoisotopic (exact) mass is 360 g/mol. The first kappa shape index (κ1) is 15.5. The first-order valence-electron chi connectivity index (χ1n) is 5.75. The number of carbonyl (C=O) groups excluding carboxylic acids is 1. The number of carbonyl (C=O) groups is 1. The number of aromatic nitrogens is 1. The molecule has 0 unspecified atom stereocenters. The van der Waals surface area contributed by atoms with Crippen LogP contribution in [0.4, 0.5) is 0 Å². The maximum atomic E-state index is 12.0. The van der Waals surface area contributed by atoms with E-state index in [1.54, 1.807) is 23.9 Å². The number of nitrogens with one attached hydrogen (secondary N) is 1. The summed E-state index contributed by atoms with van der Waals surface area (Å²) < 4.78 is 0. The van der Waals surface area contributed by atoms with E-state index in [1.165, 1.54) is 0 Å². The minimum absolute atomic E-state index is 0. The van der Waals surface area contributed by atoms with Crippen LogP contribution in [0.2, 0.25) is 0 Å². The van der Waals surface area contributed by atoms with E-state index in [-0.39, 0.29) is 44.5 Å². The second kappa shape index (κ2) is 6.25. The number of nitrogens with zero attached hydrogens (tertiary/aromatic N) is 1. The van der Waals surface area contributed by atoms with Crippen molar-refractivity contribution in [2.75, 3.05) is 12.0 Å². The predicted molar refractivity (Wildman–Crippen MR) is 76.0 cm³/mol. The van der Waals surface area contributed by atoms with E-state index in [4.69, 9.17) is 0 Å². The molecule has 20 heavy (non-hydrogen) atoms. The molecule has 3 rings (SSSR count). The molecule has 99 valence electrons. The zero-order chi connectivity index (χ0) is 13.4. The maximum absolute atomic E-state index is 12.0. The quantitative estimate of drug-likeness (QED) is 0.827. The van der Waals surface area contributed by atoms with Crippen LogP contribution < -0.4 is 0 Å². The third-order valence-corrected chi connectivity index (χ3v) is 3.57. The van der Waals surface area contributed by atoms with Gasteiger partial charge in [-0.3, -0.25) is 4.79 Å². The molecule has 1 aliphatic heterocycles. The molecule has 0 saturated heterocycles. The van der Waals surface area contributed by atoms with Gasteiger partial charge in [0.05, 0.1) is 16.8 Å². The standard InChI is InChI=1S/C14H11N2O2S.Y/c1-19-7-9-10-11(14(18)15-9)12(16-13(10)17)8-5-3-2-4-6-8;/h3-6,16-17H,7H2,1H3;/q-1;. The van der Waals surface area contributed by atoms with Gasteiger partial charge in [-0.1, -0.05) is 0 Å². The number of hydrogen-bond acceptors (Lipinski definition) is 3. The Morgan fingerprint density at radius 2 is 2.05 bits per heavy atom. The summed E-state index contributed by atoms with van der Waals surface area (Å²) in [6.45, 7) is 0. The Hall–Kier alpha value is -0.906. The Morgan fingerprint density at radius 1 is 1.35 bits per heavy atom. The Bertz CT molecular complexity index is 680. The molecule has 6 heteroatoms. The van der Waals surface area contributed by atoms with E-state index in [9.17, 15) is 9.90 Å². The number of hydrogen-bond donors (Lipinski definition) is 2. The molecule has 0 fully saturated rings. The van der Waals surface area contributed by atoms with Crippen LogP contribution in [0.3, 0.4) is 0 Å². The van der Waals surface area contributed by atoms with Gasteiger partial charge < -0.3 is 10.1 Å². The molecule has 0 aliphatic carbocycles. The molecule has 4 nitrogen and oxygen atoms in total. The molecular weight excluding hydrogens is 349 g/mol. The topological polar surface area (TPSA) is 65.5 Å². The summed E-state index contributed by atoms with van der Waals surface area (Å²) in [6, 6.07) is 10.1. The Balaban J connectivity index is 0.00000147. The van der Waals surface area contributed by atoms with Gasteiger partial charge in [-0.15, -0.1) is 5.56 Å². The van der Waals surface area contributed by atoms with Crippen molar-refractivity contribution in [1.29, 1.82) is 0 Å². The smallest absolute Gasteiger partial charge is 0.280 e. The van der Waals surface area contributed by atoms with Crippen molar-refractivity contribution >= 4 is 23.4 Å². The summed E-state index contributed by atoms with van der Waals surface area (Å²) in [5, 5.41) is 10.0. The van der Waals surface area contributed by atoms with Gasteiger partial charge in [-0.25, -0.2) is 4.99 Å². The van der Waals surface area contributed by atoms with Crippen molar-refractivity contribution in [1.82, 2.24) is 4.98 Å². The SMILES string of the molecule is CSCC1=NC(=O)c2c(-c3cc[c-]cc3)[nH]c(O)c21.[Y]. The van der Waals surface area contributed by atoms with Crippen LogP contribution in [0, 0.1) is 6.07 Å². The molecule has 0 spiro atoms. The summed E-state index contributed by atoms with van der Waals surface area (Å²) >= 11 is 1.57. The normalized spacial score (nSPS) is 12.8. The fraction of sp³-hybridized carbons (Fsp3) is 0.143. The van der Waals surface area contributed by atoms with Gasteiger partial charge in [-0.2, -0.15) is 42.1 Å². The molecule has 1 amide bonds. The second-order valence-electron chi connectivity index (χ2n) is 4.18. The summed E-state index contributed by atoms with van der Waals surface area (Å²) in [5.41, 5.74) is 3.10. The summed E-state index contributed by atoms with van der Waals surface area (Å²) in [4.78, 5) is 18.9. The molecule has 1 aromatic carbocycles. The van der Waals surface area contributed by atoms with Crippen molar-refractivity contribution in [2.45, 2.75) is 0 Å². The Labute approximate surface area is 146 Å².